The van der Waals surface area contributed by atoms with Crippen molar-refractivity contribution in [1.29, 1.82) is 0 Å². The highest BCUT2D eigenvalue weighted by Gasteiger charge is 2.18. The highest BCUT2D eigenvalue weighted by atomic mass is 16.3. The summed E-state index contributed by atoms with van der Waals surface area (Å²) in [5, 5.41) is 15.3. The normalized spacial score (nSPS) is 17.7. The molecule has 1 saturated carbocycles. The predicted octanol–water partition coefficient (Wildman–Crippen LogP) is 1.57. The topological polar surface area (TPSA) is 64.6 Å². The quantitative estimate of drug-likeness (QED) is 0.634. The minimum Gasteiger partial charge on any atom is -0.393 e. The molecule has 0 aromatic rings. The molecular formula is C15H31N3O2. The summed E-state index contributed by atoms with van der Waals surface area (Å²) in [6.07, 6.45) is 5.50. The van der Waals surface area contributed by atoms with Gasteiger partial charge in [-0.05, 0) is 32.2 Å². The van der Waals surface area contributed by atoms with Crippen LogP contribution in [0.5, 0.6) is 0 Å². The molecular weight excluding hydrogens is 254 g/mol. The van der Waals surface area contributed by atoms with E-state index in [1.165, 1.54) is 25.7 Å². The highest BCUT2D eigenvalue weighted by Crippen LogP contribution is 2.21. The smallest absolute Gasteiger partial charge is 0.314 e. The van der Waals surface area contributed by atoms with Gasteiger partial charge in [-0.1, -0.05) is 26.7 Å². The molecule has 1 aliphatic rings. The maximum atomic E-state index is 11.6. The second kappa shape index (κ2) is 9.19. The van der Waals surface area contributed by atoms with Crippen molar-refractivity contribution in [1.82, 2.24) is 15.5 Å². The fourth-order valence-electron chi connectivity index (χ4n) is 2.60. The van der Waals surface area contributed by atoms with Gasteiger partial charge >= 0.3 is 6.03 Å². The Labute approximate surface area is 123 Å². The third kappa shape index (κ3) is 6.57. The van der Waals surface area contributed by atoms with Gasteiger partial charge in [0.05, 0.1) is 6.10 Å². The molecule has 1 unspecified atom stereocenters. The predicted molar refractivity (Wildman–Crippen MR) is 81.7 cm³/mol. The van der Waals surface area contributed by atoms with E-state index >= 15 is 0 Å². The number of carbonyl (C=O) groups is 1. The van der Waals surface area contributed by atoms with E-state index in [2.05, 4.69) is 22.6 Å². The van der Waals surface area contributed by atoms with E-state index in [9.17, 15) is 9.90 Å². The number of hydrogen-bond acceptors (Lipinski definition) is 3. The maximum Gasteiger partial charge on any atom is 0.314 e. The van der Waals surface area contributed by atoms with Gasteiger partial charge in [0.25, 0.3) is 0 Å². The molecule has 1 rings (SSSR count). The van der Waals surface area contributed by atoms with Gasteiger partial charge in [-0.2, -0.15) is 0 Å². The number of amides is 2. The van der Waals surface area contributed by atoms with Gasteiger partial charge in [0.2, 0.25) is 0 Å². The van der Waals surface area contributed by atoms with Crippen LogP contribution in [0.2, 0.25) is 0 Å². The Balaban J connectivity index is 2.02. The fourth-order valence-corrected chi connectivity index (χ4v) is 2.60. The van der Waals surface area contributed by atoms with Crippen molar-refractivity contribution >= 4 is 6.03 Å². The highest BCUT2D eigenvalue weighted by molar-refractivity contribution is 5.73. The van der Waals surface area contributed by atoms with Gasteiger partial charge in [0.15, 0.2) is 0 Å². The molecule has 5 nitrogen and oxygen atoms in total. The molecule has 20 heavy (non-hydrogen) atoms. The van der Waals surface area contributed by atoms with Crippen molar-refractivity contribution in [3.8, 4) is 0 Å². The molecule has 0 saturated heterocycles. The summed E-state index contributed by atoms with van der Waals surface area (Å²) in [5.41, 5.74) is 0. The minimum absolute atomic E-state index is 0.138. The first-order chi connectivity index (χ1) is 9.50. The van der Waals surface area contributed by atoms with Crippen LogP contribution in [-0.4, -0.2) is 54.9 Å². The number of aliphatic hydroxyl groups excluding tert-OH is 1. The number of nitrogens with one attached hydrogen (secondary N) is 2. The Kier molecular flexibility index (Phi) is 7.92. The van der Waals surface area contributed by atoms with E-state index in [1.807, 2.05) is 13.8 Å². The van der Waals surface area contributed by atoms with Crippen molar-refractivity contribution in [2.24, 2.45) is 5.92 Å². The number of rotatable bonds is 8. The van der Waals surface area contributed by atoms with Gasteiger partial charge in [-0.3, -0.25) is 0 Å². The van der Waals surface area contributed by atoms with E-state index in [0.29, 0.717) is 25.6 Å². The fraction of sp³-hybridized carbons (Fsp3) is 0.933. The Bertz CT molecular complexity index is 278. The number of hydrogen-bond donors (Lipinski definition) is 3. The van der Waals surface area contributed by atoms with Gasteiger partial charge in [0, 0.05) is 25.7 Å². The number of carbonyl (C=O) groups excluding carboxylic acids is 1. The first kappa shape index (κ1) is 17.2. The Hall–Kier alpha value is -0.810. The van der Waals surface area contributed by atoms with Gasteiger partial charge < -0.3 is 20.6 Å². The molecule has 0 aromatic carbocycles. The van der Waals surface area contributed by atoms with Crippen molar-refractivity contribution in [3.05, 3.63) is 0 Å². The molecule has 1 aliphatic carbocycles. The zero-order chi connectivity index (χ0) is 15.0. The number of aliphatic hydroxyl groups is 1. The Morgan fingerprint density at radius 1 is 1.25 bits per heavy atom. The van der Waals surface area contributed by atoms with E-state index in [4.69, 9.17) is 0 Å². The molecule has 0 spiro atoms. The molecule has 0 bridgehead atoms. The molecule has 0 radical (unpaired) electrons. The van der Waals surface area contributed by atoms with Crippen molar-refractivity contribution < 1.29 is 9.90 Å². The molecule has 0 aliphatic heterocycles. The lowest BCUT2D eigenvalue weighted by Gasteiger charge is -2.24. The third-order valence-corrected chi connectivity index (χ3v) is 4.19. The molecule has 0 heterocycles. The first-order valence-corrected chi connectivity index (χ1v) is 7.90. The molecule has 118 valence electrons. The van der Waals surface area contributed by atoms with Crippen LogP contribution in [-0.2, 0) is 0 Å². The van der Waals surface area contributed by atoms with E-state index in [1.54, 1.807) is 0 Å². The van der Waals surface area contributed by atoms with E-state index in [-0.39, 0.29) is 18.1 Å². The Morgan fingerprint density at radius 2 is 1.85 bits per heavy atom. The molecule has 5 heteroatoms. The van der Waals surface area contributed by atoms with Crippen LogP contribution >= 0.6 is 0 Å². The first-order valence-electron chi connectivity index (χ1n) is 7.90. The van der Waals surface area contributed by atoms with E-state index < -0.39 is 0 Å². The van der Waals surface area contributed by atoms with E-state index in [0.717, 1.165) is 6.54 Å². The van der Waals surface area contributed by atoms with Crippen molar-refractivity contribution in [3.63, 3.8) is 0 Å². The third-order valence-electron chi connectivity index (χ3n) is 4.19. The standard InChI is InChI=1S/C15H31N3O2/c1-12(2)14(19)8-9-16-15(20)17-10-11-18(3)13-6-4-5-7-13/h12-14,19H,4-11H2,1-3H3,(H2,16,17,20). The van der Waals surface area contributed by atoms with Crippen LogP contribution in [0.3, 0.4) is 0 Å². The second-order valence-corrected chi connectivity index (χ2v) is 6.20. The minimum atomic E-state index is -0.344. The van der Waals surface area contributed by atoms with Gasteiger partial charge in [0.1, 0.15) is 0 Å². The summed E-state index contributed by atoms with van der Waals surface area (Å²) in [7, 11) is 2.13. The zero-order valence-electron chi connectivity index (χ0n) is 13.2. The molecule has 0 aromatic heterocycles. The second-order valence-electron chi connectivity index (χ2n) is 6.20. The molecule has 3 N–H and O–H groups in total. The van der Waals surface area contributed by atoms with Gasteiger partial charge in [-0.25, -0.2) is 4.79 Å². The summed E-state index contributed by atoms with van der Waals surface area (Å²) in [6.45, 7) is 6.04. The SMILES string of the molecule is CC(C)C(O)CCNC(=O)NCCN(C)C1CCCC1. The van der Waals surface area contributed by atoms with Crippen LogP contribution in [0.1, 0.15) is 46.0 Å². The van der Waals surface area contributed by atoms with Crippen LogP contribution in [0, 0.1) is 5.92 Å². The van der Waals surface area contributed by atoms with Crippen LogP contribution in [0.15, 0.2) is 0 Å². The largest absolute Gasteiger partial charge is 0.393 e. The Morgan fingerprint density at radius 3 is 2.45 bits per heavy atom. The summed E-state index contributed by atoms with van der Waals surface area (Å²) < 4.78 is 0. The van der Waals surface area contributed by atoms with Crippen molar-refractivity contribution in [2.75, 3.05) is 26.7 Å². The monoisotopic (exact) mass is 285 g/mol. The van der Waals surface area contributed by atoms with Gasteiger partial charge in [-0.15, -0.1) is 0 Å². The van der Waals surface area contributed by atoms with Crippen molar-refractivity contribution in [2.45, 2.75) is 58.1 Å². The average molecular weight is 285 g/mol. The lowest BCUT2D eigenvalue weighted by molar-refractivity contribution is 0.116. The summed E-state index contributed by atoms with van der Waals surface area (Å²) in [5.74, 6) is 0.236. The molecule has 2 amide bonds. The average Bonchev–Trinajstić information content (AvgIpc) is 2.92. The maximum absolute atomic E-state index is 11.6. The van der Waals surface area contributed by atoms with Crippen LogP contribution in [0.4, 0.5) is 4.79 Å². The summed E-state index contributed by atoms with van der Waals surface area (Å²) in [6, 6.07) is 0.557. The lowest BCUT2D eigenvalue weighted by Crippen LogP contribution is -2.42. The summed E-state index contributed by atoms with van der Waals surface area (Å²) >= 11 is 0. The number of likely N-dealkylation sites (N-methyl/N-ethyl adjacent to an activating group) is 1. The molecule has 1 fully saturated rings. The lowest BCUT2D eigenvalue weighted by atomic mass is 10.0. The number of nitrogens with zero attached hydrogens (tertiary/aromatic N) is 1. The van der Waals surface area contributed by atoms with Crippen LogP contribution < -0.4 is 10.6 Å². The number of urea groups is 1. The molecule has 1 atom stereocenters. The summed E-state index contributed by atoms with van der Waals surface area (Å²) in [4.78, 5) is 13.9. The zero-order valence-corrected chi connectivity index (χ0v) is 13.2. The van der Waals surface area contributed by atoms with Crippen LogP contribution in [0.25, 0.3) is 0 Å².